The smallest absolute Gasteiger partial charge is 0.345 e. The summed E-state index contributed by atoms with van der Waals surface area (Å²) in [6.07, 6.45) is 8.22. The number of halogens is 2. The summed E-state index contributed by atoms with van der Waals surface area (Å²) in [7, 11) is 0. The van der Waals surface area contributed by atoms with Crippen molar-refractivity contribution in [2.24, 2.45) is 17.8 Å². The number of amides is 2. The van der Waals surface area contributed by atoms with Crippen LogP contribution in [-0.2, 0) is 19.2 Å². The van der Waals surface area contributed by atoms with Gasteiger partial charge in [-0.3, -0.25) is 25.2 Å². The zero-order valence-electron chi connectivity index (χ0n) is 20.2. The fraction of sp³-hybridized carbons (Fsp3) is 0.913. The van der Waals surface area contributed by atoms with Crippen molar-refractivity contribution in [1.82, 2.24) is 32.3 Å². The highest BCUT2D eigenvalue weighted by Crippen LogP contribution is 2.33. The van der Waals surface area contributed by atoms with E-state index in [-0.39, 0.29) is 48.3 Å². The van der Waals surface area contributed by atoms with Gasteiger partial charge in [-0.15, -0.1) is 0 Å². The molecular weight excluding hydrogens is 462 g/mol. The average molecular weight is 503 g/mol. The normalized spacial score (nSPS) is 35.5. The van der Waals surface area contributed by atoms with Crippen LogP contribution < -0.4 is 32.3 Å². The first-order valence-electron chi connectivity index (χ1n) is 13.2. The maximum atomic E-state index is 12.4. The van der Waals surface area contributed by atoms with E-state index in [1.807, 2.05) is 0 Å². The maximum Gasteiger partial charge on any atom is 0.345 e. The summed E-state index contributed by atoms with van der Waals surface area (Å²) in [6.45, 7) is -1.37. The molecule has 0 aromatic rings. The summed E-state index contributed by atoms with van der Waals surface area (Å²) >= 11 is 0. The molecule has 0 bridgehead atoms. The van der Waals surface area contributed by atoms with Gasteiger partial charge in [-0.1, -0.05) is 12.8 Å². The van der Waals surface area contributed by atoms with Crippen LogP contribution >= 0.6 is 0 Å². The molecule has 200 valence electrons. The molecule has 6 N–H and O–H groups in total. The summed E-state index contributed by atoms with van der Waals surface area (Å²) < 4.78 is 29.3. The monoisotopic (exact) mass is 502 g/mol. The van der Waals surface area contributed by atoms with Gasteiger partial charge < -0.3 is 15.4 Å². The van der Waals surface area contributed by atoms with Crippen molar-refractivity contribution in [3.8, 4) is 0 Å². The summed E-state index contributed by atoms with van der Waals surface area (Å²) in [5.74, 6) is 0.796. The Bertz CT molecular complexity index is 697. The quantitative estimate of drug-likeness (QED) is 0.233. The van der Waals surface area contributed by atoms with Crippen LogP contribution in [0.4, 0.5) is 8.78 Å². The second kappa shape index (κ2) is 13.2. The zero-order valence-corrected chi connectivity index (χ0v) is 20.2. The molecule has 10 nitrogen and oxygen atoms in total. The van der Waals surface area contributed by atoms with Gasteiger partial charge in [-0.05, 0) is 63.8 Å². The van der Waals surface area contributed by atoms with Crippen LogP contribution in [0.5, 0.6) is 0 Å². The topological polar surface area (TPSA) is 125 Å². The van der Waals surface area contributed by atoms with Gasteiger partial charge >= 0.3 is 6.61 Å². The molecule has 35 heavy (non-hydrogen) atoms. The van der Waals surface area contributed by atoms with Crippen molar-refractivity contribution < 1.29 is 27.9 Å². The molecule has 5 unspecified atom stereocenters. The van der Waals surface area contributed by atoms with Crippen molar-refractivity contribution in [3.05, 3.63) is 0 Å². The molecule has 0 aromatic carbocycles. The summed E-state index contributed by atoms with van der Waals surface area (Å²) in [6, 6.07) is 0. The largest absolute Gasteiger partial charge is 0.356 e. The van der Waals surface area contributed by atoms with Crippen LogP contribution in [0.25, 0.3) is 0 Å². The Morgan fingerprint density at radius 2 is 1.91 bits per heavy atom. The number of rotatable bonds is 11. The highest BCUT2D eigenvalue weighted by atomic mass is 19.3. The Morgan fingerprint density at radius 3 is 2.71 bits per heavy atom. The van der Waals surface area contributed by atoms with Crippen LogP contribution in [0.1, 0.15) is 70.6 Å². The molecule has 2 heterocycles. The molecule has 2 saturated carbocycles. The summed E-state index contributed by atoms with van der Waals surface area (Å²) in [5.41, 5.74) is 8.88. The van der Waals surface area contributed by atoms with Crippen LogP contribution in [0.15, 0.2) is 0 Å². The summed E-state index contributed by atoms with van der Waals surface area (Å²) in [4.78, 5) is 29.8. The number of nitrogens with one attached hydrogen (secondary N) is 6. The lowest BCUT2D eigenvalue weighted by Crippen LogP contribution is -2.64. The van der Waals surface area contributed by atoms with Crippen molar-refractivity contribution >= 4 is 11.8 Å². The number of hydrazine groups is 1. The van der Waals surface area contributed by atoms with Crippen molar-refractivity contribution in [2.75, 3.05) is 13.1 Å². The van der Waals surface area contributed by atoms with E-state index in [2.05, 4.69) is 37.0 Å². The summed E-state index contributed by atoms with van der Waals surface area (Å²) in [5, 5.41) is 9.80. The number of hydrogen-bond donors (Lipinski definition) is 6. The van der Waals surface area contributed by atoms with E-state index in [9.17, 15) is 18.4 Å². The van der Waals surface area contributed by atoms with Gasteiger partial charge in [0, 0.05) is 24.8 Å². The number of fused-ring (bicyclic) bond motifs is 1. The molecule has 0 radical (unpaired) electrons. The highest BCUT2D eigenvalue weighted by Gasteiger charge is 2.39. The number of ether oxygens (including phenoxy) is 1. The van der Waals surface area contributed by atoms with Gasteiger partial charge in [0.05, 0.1) is 18.4 Å². The molecule has 5 atom stereocenters. The fourth-order valence-corrected chi connectivity index (χ4v) is 5.86. The molecule has 4 aliphatic rings. The second-order valence-electron chi connectivity index (χ2n) is 10.2. The number of hydroxylamine groups is 1. The third kappa shape index (κ3) is 7.77. The molecule has 2 aliphatic carbocycles. The minimum Gasteiger partial charge on any atom is -0.356 e. The predicted octanol–water partition coefficient (Wildman–Crippen LogP) is 1.20. The van der Waals surface area contributed by atoms with E-state index >= 15 is 0 Å². The standard InChI is InChI=1S/C23H40F2N6O4/c24-23(25)34-15-8-6-14(7-9-15)20-28-19(35-31-20)11-10-18(32)26-12-3-13-27-21-16-4-1-2-5-17(16)22(33)30-29-21/h14-17,19-21,23,27-29,31H,1-13H2,(H,26,32)(H,30,33). The lowest BCUT2D eigenvalue weighted by atomic mass is 9.76. The molecule has 2 amide bonds. The third-order valence-corrected chi connectivity index (χ3v) is 7.80. The van der Waals surface area contributed by atoms with Crippen LogP contribution in [-0.4, -0.2) is 56.2 Å². The van der Waals surface area contributed by atoms with Crippen molar-refractivity contribution in [3.63, 3.8) is 0 Å². The van der Waals surface area contributed by atoms with Crippen LogP contribution in [0.2, 0.25) is 0 Å². The zero-order chi connectivity index (χ0) is 24.6. The molecule has 0 spiro atoms. The fourth-order valence-electron chi connectivity index (χ4n) is 5.86. The van der Waals surface area contributed by atoms with Crippen LogP contribution in [0, 0.1) is 17.8 Å². The molecular formula is C23H40F2N6O4. The van der Waals surface area contributed by atoms with E-state index in [1.54, 1.807) is 0 Å². The Kier molecular flexibility index (Phi) is 10.0. The van der Waals surface area contributed by atoms with Crippen molar-refractivity contribution in [2.45, 2.75) is 102 Å². The SMILES string of the molecule is O=C(CCC1NC(C2CCC(OC(F)F)CC2)NO1)NCCCNC1NNC(=O)C2CCCCC12. The van der Waals surface area contributed by atoms with Gasteiger partial charge in [-0.2, -0.15) is 14.3 Å². The first-order chi connectivity index (χ1) is 17.0. The minimum atomic E-state index is -2.71. The lowest BCUT2D eigenvalue weighted by molar-refractivity contribution is -0.172. The van der Waals surface area contributed by atoms with Crippen molar-refractivity contribution in [1.29, 1.82) is 0 Å². The van der Waals surface area contributed by atoms with Gasteiger partial charge in [-0.25, -0.2) is 5.43 Å². The number of carbonyl (C=O) groups excluding carboxylic acids is 2. The molecule has 2 aliphatic heterocycles. The number of hydrogen-bond acceptors (Lipinski definition) is 8. The molecule has 12 heteroatoms. The Morgan fingerprint density at radius 1 is 1.11 bits per heavy atom. The maximum absolute atomic E-state index is 12.4. The van der Waals surface area contributed by atoms with Gasteiger partial charge in [0.15, 0.2) is 0 Å². The van der Waals surface area contributed by atoms with E-state index in [1.165, 1.54) is 0 Å². The molecule has 2 saturated heterocycles. The third-order valence-electron chi connectivity index (χ3n) is 7.80. The Balaban J connectivity index is 1.04. The molecule has 0 aromatic heterocycles. The molecule has 4 rings (SSSR count). The average Bonchev–Trinajstić information content (AvgIpc) is 3.33. The molecule has 4 fully saturated rings. The van der Waals surface area contributed by atoms with Gasteiger partial charge in [0.1, 0.15) is 6.23 Å². The minimum absolute atomic E-state index is 0.0149. The lowest BCUT2D eigenvalue weighted by Gasteiger charge is -2.41. The van der Waals surface area contributed by atoms with Crippen LogP contribution in [0.3, 0.4) is 0 Å². The highest BCUT2D eigenvalue weighted by molar-refractivity contribution is 5.79. The second-order valence-corrected chi connectivity index (χ2v) is 10.2. The number of carbonyl (C=O) groups is 2. The van der Waals surface area contributed by atoms with E-state index in [4.69, 9.17) is 4.84 Å². The predicted molar refractivity (Wildman–Crippen MR) is 123 cm³/mol. The van der Waals surface area contributed by atoms with Gasteiger partial charge in [0.2, 0.25) is 11.8 Å². The Hall–Kier alpha value is -1.44. The first-order valence-corrected chi connectivity index (χ1v) is 13.2. The van der Waals surface area contributed by atoms with E-state index < -0.39 is 6.61 Å². The van der Waals surface area contributed by atoms with E-state index in [0.29, 0.717) is 38.1 Å². The number of alkyl halides is 2. The van der Waals surface area contributed by atoms with E-state index in [0.717, 1.165) is 51.5 Å². The van der Waals surface area contributed by atoms with Gasteiger partial charge in [0.25, 0.3) is 0 Å². The Labute approximate surface area is 205 Å². The first kappa shape index (κ1) is 26.6.